The summed E-state index contributed by atoms with van der Waals surface area (Å²) in [5.74, 6) is -1.37. The second-order valence-corrected chi connectivity index (χ2v) is 9.02. The fraction of sp³-hybridized carbons (Fsp3) is 0.316. The standard InChI is InChI=1S/C19H21Cl2NO4S/c1-3-5-9-22-15-10-12(19(23)24)11-16(27(25,26)4-2)17(15)13-7-6-8-14(20)18(13)21/h6-8,10-11,22H,3-5,9H2,1-2H3,(H,23,24). The number of hydrogen-bond acceptors (Lipinski definition) is 4. The van der Waals surface area contributed by atoms with Crippen LogP contribution in [0.1, 0.15) is 37.0 Å². The van der Waals surface area contributed by atoms with Gasteiger partial charge in [-0.2, -0.15) is 0 Å². The lowest BCUT2D eigenvalue weighted by Crippen LogP contribution is -2.12. The number of rotatable bonds is 8. The minimum Gasteiger partial charge on any atom is -0.478 e. The van der Waals surface area contributed by atoms with Gasteiger partial charge in [0.2, 0.25) is 0 Å². The van der Waals surface area contributed by atoms with Gasteiger partial charge in [0.25, 0.3) is 0 Å². The second-order valence-electron chi connectivity index (χ2n) is 5.99. The molecule has 0 fully saturated rings. The third-order valence-corrected chi connectivity index (χ3v) is 6.70. The van der Waals surface area contributed by atoms with E-state index in [0.717, 1.165) is 12.8 Å². The summed E-state index contributed by atoms with van der Waals surface area (Å²) in [6, 6.07) is 7.56. The minimum absolute atomic E-state index is 0.0759. The first-order valence-corrected chi connectivity index (χ1v) is 11.0. The minimum atomic E-state index is -3.72. The molecule has 2 aromatic rings. The predicted octanol–water partition coefficient (Wildman–Crippen LogP) is 5.36. The molecule has 0 amide bonds. The van der Waals surface area contributed by atoms with Crippen molar-refractivity contribution in [2.75, 3.05) is 17.6 Å². The van der Waals surface area contributed by atoms with Crippen molar-refractivity contribution in [1.29, 1.82) is 0 Å². The number of unbranched alkanes of at least 4 members (excludes halogenated alkanes) is 1. The Bertz CT molecular complexity index is 958. The summed E-state index contributed by atoms with van der Waals surface area (Å²) in [7, 11) is -3.72. The summed E-state index contributed by atoms with van der Waals surface area (Å²) in [4.78, 5) is 11.5. The Morgan fingerprint density at radius 1 is 1.19 bits per heavy atom. The smallest absolute Gasteiger partial charge is 0.335 e. The van der Waals surface area contributed by atoms with Gasteiger partial charge in [-0.3, -0.25) is 0 Å². The van der Waals surface area contributed by atoms with Gasteiger partial charge in [-0.05, 0) is 24.6 Å². The highest BCUT2D eigenvalue weighted by molar-refractivity contribution is 7.91. The summed E-state index contributed by atoms with van der Waals surface area (Å²) in [5.41, 5.74) is 1.07. The molecule has 0 bridgehead atoms. The van der Waals surface area contributed by atoms with Gasteiger partial charge in [0.1, 0.15) is 0 Å². The van der Waals surface area contributed by atoms with Crippen LogP contribution >= 0.6 is 23.2 Å². The summed E-state index contributed by atoms with van der Waals surface area (Å²) >= 11 is 12.5. The van der Waals surface area contributed by atoms with Crippen LogP contribution in [0, 0.1) is 0 Å². The molecule has 0 radical (unpaired) electrons. The van der Waals surface area contributed by atoms with E-state index in [0.29, 0.717) is 23.4 Å². The van der Waals surface area contributed by atoms with Crippen LogP contribution in [-0.2, 0) is 9.84 Å². The Morgan fingerprint density at radius 3 is 2.48 bits per heavy atom. The van der Waals surface area contributed by atoms with Crippen LogP contribution in [0.4, 0.5) is 5.69 Å². The van der Waals surface area contributed by atoms with E-state index in [4.69, 9.17) is 23.2 Å². The number of carboxylic acids is 1. The van der Waals surface area contributed by atoms with Crippen molar-refractivity contribution in [1.82, 2.24) is 0 Å². The Kier molecular flexibility index (Phi) is 7.14. The van der Waals surface area contributed by atoms with Crippen LogP contribution in [-0.4, -0.2) is 31.8 Å². The molecular weight excluding hydrogens is 409 g/mol. The predicted molar refractivity (Wildman–Crippen MR) is 110 cm³/mol. The monoisotopic (exact) mass is 429 g/mol. The molecule has 146 valence electrons. The van der Waals surface area contributed by atoms with E-state index in [1.807, 2.05) is 6.92 Å². The zero-order valence-electron chi connectivity index (χ0n) is 15.1. The first-order chi connectivity index (χ1) is 12.7. The topological polar surface area (TPSA) is 83.5 Å². The molecule has 0 aliphatic heterocycles. The molecule has 8 heteroatoms. The van der Waals surface area contributed by atoms with Crippen molar-refractivity contribution in [3.05, 3.63) is 45.9 Å². The summed E-state index contributed by atoms with van der Waals surface area (Å²) < 4.78 is 25.5. The molecule has 2 rings (SSSR count). The lowest BCUT2D eigenvalue weighted by molar-refractivity contribution is 0.0696. The third kappa shape index (κ3) is 4.75. The van der Waals surface area contributed by atoms with Crippen molar-refractivity contribution < 1.29 is 18.3 Å². The number of nitrogens with one attached hydrogen (secondary N) is 1. The molecule has 0 atom stereocenters. The van der Waals surface area contributed by atoms with Crippen LogP contribution in [0.15, 0.2) is 35.2 Å². The van der Waals surface area contributed by atoms with Crippen molar-refractivity contribution in [3.8, 4) is 11.1 Å². The Labute approximate surface area is 169 Å². The number of hydrogen-bond donors (Lipinski definition) is 2. The quantitative estimate of drug-likeness (QED) is 0.551. The lowest BCUT2D eigenvalue weighted by atomic mass is 10.0. The van der Waals surface area contributed by atoms with Gasteiger partial charge in [0.05, 0.1) is 26.3 Å². The molecule has 2 N–H and O–H groups in total. The fourth-order valence-corrected chi connectivity index (χ4v) is 4.20. The van der Waals surface area contributed by atoms with Gasteiger partial charge in [0.15, 0.2) is 9.84 Å². The molecule has 27 heavy (non-hydrogen) atoms. The molecular formula is C19H21Cl2NO4S. The molecule has 0 heterocycles. The maximum absolute atomic E-state index is 12.8. The third-order valence-electron chi connectivity index (χ3n) is 4.13. The molecule has 0 aliphatic carbocycles. The van der Waals surface area contributed by atoms with Crippen molar-refractivity contribution in [2.45, 2.75) is 31.6 Å². The van der Waals surface area contributed by atoms with Crippen LogP contribution < -0.4 is 5.32 Å². The average molecular weight is 430 g/mol. The molecule has 2 aromatic carbocycles. The zero-order valence-corrected chi connectivity index (χ0v) is 17.4. The van der Waals surface area contributed by atoms with Gasteiger partial charge in [0, 0.05) is 23.4 Å². The number of sulfone groups is 1. The van der Waals surface area contributed by atoms with E-state index in [-0.39, 0.29) is 26.3 Å². The van der Waals surface area contributed by atoms with E-state index < -0.39 is 15.8 Å². The van der Waals surface area contributed by atoms with Gasteiger partial charge in [-0.15, -0.1) is 0 Å². The van der Waals surface area contributed by atoms with Crippen LogP contribution in [0.5, 0.6) is 0 Å². The second kappa shape index (κ2) is 8.95. The molecule has 0 saturated heterocycles. The van der Waals surface area contributed by atoms with Gasteiger partial charge < -0.3 is 10.4 Å². The normalized spacial score (nSPS) is 11.4. The molecule has 0 aromatic heterocycles. The maximum Gasteiger partial charge on any atom is 0.335 e. The Balaban J connectivity index is 2.87. The van der Waals surface area contributed by atoms with Crippen molar-refractivity contribution >= 4 is 44.7 Å². The van der Waals surface area contributed by atoms with Crippen molar-refractivity contribution in [2.24, 2.45) is 0 Å². The number of carbonyl (C=O) groups is 1. The number of aromatic carboxylic acids is 1. The molecule has 0 saturated carbocycles. The highest BCUT2D eigenvalue weighted by atomic mass is 35.5. The number of benzene rings is 2. The molecule has 0 unspecified atom stereocenters. The lowest BCUT2D eigenvalue weighted by Gasteiger charge is -2.19. The first-order valence-electron chi connectivity index (χ1n) is 8.55. The van der Waals surface area contributed by atoms with E-state index >= 15 is 0 Å². The van der Waals surface area contributed by atoms with Crippen LogP contribution in [0.2, 0.25) is 10.0 Å². The number of carboxylic acid groups (broad SMARTS) is 1. The summed E-state index contributed by atoms with van der Waals surface area (Å²) in [6.45, 7) is 4.10. The van der Waals surface area contributed by atoms with E-state index in [9.17, 15) is 18.3 Å². The van der Waals surface area contributed by atoms with Crippen LogP contribution in [0.3, 0.4) is 0 Å². The van der Waals surface area contributed by atoms with Gasteiger partial charge in [-0.1, -0.05) is 55.6 Å². The highest BCUT2D eigenvalue weighted by Gasteiger charge is 2.25. The molecule has 5 nitrogen and oxygen atoms in total. The largest absolute Gasteiger partial charge is 0.478 e. The number of anilines is 1. The van der Waals surface area contributed by atoms with Gasteiger partial charge in [-0.25, -0.2) is 13.2 Å². The maximum atomic E-state index is 12.8. The van der Waals surface area contributed by atoms with E-state index in [1.165, 1.54) is 19.1 Å². The first kappa shape index (κ1) is 21.5. The summed E-state index contributed by atoms with van der Waals surface area (Å²) in [6.07, 6.45) is 1.77. The zero-order chi connectivity index (χ0) is 20.2. The number of halogens is 2. The van der Waals surface area contributed by atoms with E-state index in [1.54, 1.807) is 18.2 Å². The highest BCUT2D eigenvalue weighted by Crippen LogP contribution is 2.42. The average Bonchev–Trinajstić information content (AvgIpc) is 2.63. The van der Waals surface area contributed by atoms with E-state index in [2.05, 4.69) is 5.32 Å². The Morgan fingerprint density at radius 2 is 1.89 bits per heavy atom. The Hall–Kier alpha value is -1.76. The van der Waals surface area contributed by atoms with Crippen LogP contribution in [0.25, 0.3) is 11.1 Å². The fourth-order valence-electron chi connectivity index (χ4n) is 2.65. The molecule has 0 spiro atoms. The molecule has 0 aliphatic rings. The van der Waals surface area contributed by atoms with Gasteiger partial charge >= 0.3 is 5.97 Å². The van der Waals surface area contributed by atoms with Crippen molar-refractivity contribution in [3.63, 3.8) is 0 Å². The SMILES string of the molecule is CCCCNc1cc(C(=O)O)cc(S(=O)(=O)CC)c1-c1cccc(Cl)c1Cl. The summed E-state index contributed by atoms with van der Waals surface area (Å²) in [5, 5.41) is 13.1.